The van der Waals surface area contributed by atoms with Crippen LogP contribution in [-0.4, -0.2) is 19.8 Å². The van der Waals surface area contributed by atoms with Crippen molar-refractivity contribution in [2.24, 2.45) is 0 Å². The molecule has 8 heteroatoms. The summed E-state index contributed by atoms with van der Waals surface area (Å²) in [4.78, 5) is 0.537. The lowest BCUT2D eigenvalue weighted by atomic mass is 10.2. The normalized spacial score (nSPS) is 11.3. The molecule has 0 aliphatic heterocycles. The van der Waals surface area contributed by atoms with Gasteiger partial charge in [0.25, 0.3) is 0 Å². The summed E-state index contributed by atoms with van der Waals surface area (Å²) in [6.45, 7) is 0. The molecule has 0 saturated heterocycles. The fraction of sp³-hybridized carbons (Fsp3) is 0. The number of rotatable bonds is 2. The first-order valence-corrected chi connectivity index (χ1v) is 7.69. The molecule has 4 nitrogen and oxygen atoms in total. The molecule has 0 bridgehead atoms. The summed E-state index contributed by atoms with van der Waals surface area (Å²) in [5.41, 5.74) is 1.02. The Labute approximate surface area is 125 Å². The minimum absolute atomic E-state index is 0.127. The summed E-state index contributed by atoms with van der Waals surface area (Å²) in [6.07, 6.45) is 0. The predicted molar refractivity (Wildman–Crippen MR) is 77.3 cm³/mol. The van der Waals surface area contributed by atoms with Crippen LogP contribution in [0.25, 0.3) is 26.9 Å². The molecule has 3 aromatic heterocycles. The molecule has 21 heavy (non-hydrogen) atoms. The van der Waals surface area contributed by atoms with Crippen LogP contribution in [0.5, 0.6) is 0 Å². The van der Waals surface area contributed by atoms with Gasteiger partial charge >= 0.3 is 0 Å². The number of hydrogen-bond donors (Lipinski definition) is 0. The van der Waals surface area contributed by atoms with Gasteiger partial charge in [0, 0.05) is 10.9 Å². The highest BCUT2D eigenvalue weighted by Crippen LogP contribution is 2.30. The van der Waals surface area contributed by atoms with Crippen LogP contribution in [0.1, 0.15) is 0 Å². The van der Waals surface area contributed by atoms with Gasteiger partial charge in [-0.2, -0.15) is 21.0 Å². The van der Waals surface area contributed by atoms with E-state index in [1.807, 2.05) is 16.8 Å². The molecule has 0 radical (unpaired) electrons. The fourth-order valence-corrected chi connectivity index (χ4v) is 3.46. The van der Waals surface area contributed by atoms with Crippen LogP contribution < -0.4 is 0 Å². The Morgan fingerprint density at radius 2 is 2.00 bits per heavy atom. The van der Waals surface area contributed by atoms with E-state index in [0.29, 0.717) is 15.8 Å². The summed E-state index contributed by atoms with van der Waals surface area (Å²) < 4.78 is 28.7. The quantitative estimate of drug-likeness (QED) is 0.563. The van der Waals surface area contributed by atoms with Crippen molar-refractivity contribution in [3.05, 3.63) is 46.7 Å². The molecule has 4 rings (SSSR count). The van der Waals surface area contributed by atoms with E-state index in [4.69, 9.17) is 0 Å². The summed E-state index contributed by atoms with van der Waals surface area (Å²) in [7, 11) is 0. The van der Waals surface area contributed by atoms with Crippen molar-refractivity contribution >= 4 is 27.6 Å². The molecule has 1 aromatic carbocycles. The molecule has 3 heterocycles. The molecule has 0 N–H and O–H groups in total. The second-order valence-corrected chi connectivity index (χ2v) is 5.97. The van der Waals surface area contributed by atoms with Crippen LogP contribution in [0.2, 0.25) is 0 Å². The molecular weight excluding hydrogens is 314 g/mol. The van der Waals surface area contributed by atoms with Gasteiger partial charge in [0.1, 0.15) is 0 Å². The van der Waals surface area contributed by atoms with Gasteiger partial charge in [-0.25, -0.2) is 8.78 Å². The number of halogens is 2. The van der Waals surface area contributed by atoms with E-state index in [1.165, 1.54) is 34.8 Å². The SMILES string of the molecule is Fc1cccc(-c2nn3c(-c4ccsc4)nnc3s2)c1F. The maximum atomic E-state index is 13.8. The maximum Gasteiger partial charge on any atom is 0.235 e. The zero-order valence-corrected chi connectivity index (χ0v) is 12.0. The third-order valence-corrected chi connectivity index (χ3v) is 4.57. The second kappa shape index (κ2) is 4.68. The van der Waals surface area contributed by atoms with E-state index in [1.54, 1.807) is 4.52 Å². The fourth-order valence-electron chi connectivity index (χ4n) is 1.97. The predicted octanol–water partition coefficient (Wildman–Crippen LogP) is 3.86. The van der Waals surface area contributed by atoms with Crippen LogP contribution in [0, 0.1) is 11.6 Å². The molecule has 0 amide bonds. The molecule has 0 aliphatic carbocycles. The highest BCUT2D eigenvalue weighted by Gasteiger charge is 2.18. The molecule has 0 unspecified atom stereocenters. The standard InChI is InChI=1S/C13H6F2N4S2/c14-9-3-1-2-8(10(9)15)12-18-19-11(7-4-5-20-6-7)16-17-13(19)21-12/h1-6H. The lowest BCUT2D eigenvalue weighted by molar-refractivity contribution is 0.511. The van der Waals surface area contributed by atoms with Gasteiger partial charge in [-0.1, -0.05) is 17.4 Å². The van der Waals surface area contributed by atoms with Crippen molar-refractivity contribution in [1.82, 2.24) is 19.8 Å². The Bertz CT molecular complexity index is 927. The second-order valence-electron chi connectivity index (χ2n) is 4.24. The van der Waals surface area contributed by atoms with E-state index < -0.39 is 11.6 Å². The van der Waals surface area contributed by atoms with E-state index >= 15 is 0 Å². The number of hydrogen-bond acceptors (Lipinski definition) is 5. The summed E-state index contributed by atoms with van der Waals surface area (Å²) >= 11 is 2.71. The van der Waals surface area contributed by atoms with Crippen molar-refractivity contribution in [2.75, 3.05) is 0 Å². The third-order valence-electron chi connectivity index (χ3n) is 2.95. The Kier molecular flexibility index (Phi) is 2.79. The Morgan fingerprint density at radius 3 is 2.81 bits per heavy atom. The molecule has 0 saturated carbocycles. The molecular formula is C13H6F2N4S2. The largest absolute Gasteiger partial charge is 0.235 e. The monoisotopic (exact) mass is 320 g/mol. The van der Waals surface area contributed by atoms with E-state index in [9.17, 15) is 8.78 Å². The Morgan fingerprint density at radius 1 is 1.10 bits per heavy atom. The van der Waals surface area contributed by atoms with Gasteiger partial charge in [0.05, 0.1) is 5.56 Å². The Hall–Kier alpha value is -2.19. The van der Waals surface area contributed by atoms with Gasteiger partial charge in [0.15, 0.2) is 22.5 Å². The molecule has 104 valence electrons. The van der Waals surface area contributed by atoms with Crippen molar-refractivity contribution in [2.45, 2.75) is 0 Å². The van der Waals surface area contributed by atoms with Crippen LogP contribution in [-0.2, 0) is 0 Å². The molecule has 4 aromatic rings. The number of thiophene rings is 1. The van der Waals surface area contributed by atoms with E-state index in [2.05, 4.69) is 15.3 Å². The van der Waals surface area contributed by atoms with Gasteiger partial charge in [0.2, 0.25) is 4.96 Å². The maximum absolute atomic E-state index is 13.8. The molecule has 0 aliphatic rings. The third kappa shape index (κ3) is 1.95. The first-order valence-electron chi connectivity index (χ1n) is 5.93. The highest BCUT2D eigenvalue weighted by molar-refractivity contribution is 7.19. The first kappa shape index (κ1) is 12.5. The summed E-state index contributed by atoms with van der Waals surface area (Å²) in [5.74, 6) is -1.21. The molecule has 0 spiro atoms. The van der Waals surface area contributed by atoms with Gasteiger partial charge < -0.3 is 0 Å². The minimum Gasteiger partial charge on any atom is -0.204 e. The lowest BCUT2D eigenvalue weighted by Crippen LogP contribution is -1.92. The summed E-state index contributed by atoms with van der Waals surface area (Å²) in [6, 6.07) is 5.93. The van der Waals surface area contributed by atoms with Gasteiger partial charge in [-0.15, -0.1) is 10.2 Å². The van der Waals surface area contributed by atoms with Crippen LogP contribution >= 0.6 is 22.7 Å². The van der Waals surface area contributed by atoms with E-state index in [-0.39, 0.29) is 5.56 Å². The minimum atomic E-state index is -0.903. The van der Waals surface area contributed by atoms with Crippen LogP contribution in [0.3, 0.4) is 0 Å². The zero-order valence-electron chi connectivity index (χ0n) is 10.3. The van der Waals surface area contributed by atoms with Crippen molar-refractivity contribution in [3.63, 3.8) is 0 Å². The van der Waals surface area contributed by atoms with Crippen molar-refractivity contribution in [3.8, 4) is 22.0 Å². The first-order chi connectivity index (χ1) is 10.2. The van der Waals surface area contributed by atoms with Gasteiger partial charge in [-0.3, -0.25) is 0 Å². The zero-order chi connectivity index (χ0) is 14.4. The lowest BCUT2D eigenvalue weighted by Gasteiger charge is -1.98. The van der Waals surface area contributed by atoms with Crippen molar-refractivity contribution < 1.29 is 8.78 Å². The average molecular weight is 320 g/mol. The topological polar surface area (TPSA) is 43.1 Å². The molecule has 0 atom stereocenters. The number of nitrogens with zero attached hydrogens (tertiary/aromatic N) is 4. The number of aromatic nitrogens is 4. The Balaban J connectivity index is 1.90. The number of fused-ring (bicyclic) bond motifs is 1. The number of benzene rings is 1. The smallest absolute Gasteiger partial charge is 0.204 e. The van der Waals surface area contributed by atoms with Crippen LogP contribution in [0.15, 0.2) is 35.0 Å². The van der Waals surface area contributed by atoms with Crippen molar-refractivity contribution in [1.29, 1.82) is 0 Å². The average Bonchev–Trinajstić information content (AvgIpc) is 3.16. The highest BCUT2D eigenvalue weighted by atomic mass is 32.1. The summed E-state index contributed by atoms with van der Waals surface area (Å²) in [5, 5.41) is 16.6. The van der Waals surface area contributed by atoms with Gasteiger partial charge in [-0.05, 0) is 23.6 Å². The van der Waals surface area contributed by atoms with E-state index in [0.717, 1.165) is 11.6 Å². The molecule has 0 fully saturated rings. The van der Waals surface area contributed by atoms with Crippen LogP contribution in [0.4, 0.5) is 8.78 Å².